The van der Waals surface area contributed by atoms with Crippen molar-refractivity contribution in [1.29, 1.82) is 0 Å². The summed E-state index contributed by atoms with van der Waals surface area (Å²) in [6.07, 6.45) is 1.22. The zero-order valence-corrected chi connectivity index (χ0v) is 8.23. The predicted octanol–water partition coefficient (Wildman–Crippen LogP) is 0.841. The van der Waals surface area contributed by atoms with Gasteiger partial charge in [-0.2, -0.15) is 0 Å². The molecule has 0 spiro atoms. The van der Waals surface area contributed by atoms with Crippen LogP contribution in [0.5, 0.6) is 11.5 Å². The Bertz CT molecular complexity index is 351. The van der Waals surface area contributed by atoms with Crippen molar-refractivity contribution in [2.24, 2.45) is 0 Å². The van der Waals surface area contributed by atoms with Gasteiger partial charge in [-0.25, -0.2) is 0 Å². The van der Waals surface area contributed by atoms with E-state index in [4.69, 9.17) is 9.47 Å². The normalized spacial score (nSPS) is 9.13. The molecule has 1 aromatic rings. The Balaban J connectivity index is 2.87. The maximum absolute atomic E-state index is 10.2. The minimum atomic E-state index is -0.0309. The van der Waals surface area contributed by atoms with E-state index in [1.807, 2.05) is 0 Å². The van der Waals surface area contributed by atoms with Gasteiger partial charge in [0.05, 0.1) is 7.11 Å². The molecule has 5 heteroatoms. The van der Waals surface area contributed by atoms with Crippen molar-refractivity contribution in [1.82, 2.24) is 0 Å². The summed E-state index contributed by atoms with van der Waals surface area (Å²) in [5, 5.41) is 2.48. The molecule has 80 valence electrons. The summed E-state index contributed by atoms with van der Waals surface area (Å²) in [4.78, 5) is 20.3. The second kappa shape index (κ2) is 5.64. The molecular weight excluding hydrogens is 198 g/mol. The SMILES string of the molecule is COc1cc(NC=O)ccc1OCC=O. The van der Waals surface area contributed by atoms with Crippen LogP contribution in [0.1, 0.15) is 0 Å². The van der Waals surface area contributed by atoms with Crippen molar-refractivity contribution >= 4 is 18.4 Å². The van der Waals surface area contributed by atoms with Gasteiger partial charge in [0, 0.05) is 11.8 Å². The molecule has 0 unspecified atom stereocenters. The monoisotopic (exact) mass is 209 g/mol. The number of hydrogen-bond donors (Lipinski definition) is 1. The van der Waals surface area contributed by atoms with Gasteiger partial charge >= 0.3 is 0 Å². The van der Waals surface area contributed by atoms with Crippen LogP contribution in [0.15, 0.2) is 18.2 Å². The van der Waals surface area contributed by atoms with E-state index < -0.39 is 0 Å². The van der Waals surface area contributed by atoms with Gasteiger partial charge in [0.25, 0.3) is 0 Å². The standard InChI is InChI=1S/C10H11NO4/c1-14-10-6-8(11-7-13)2-3-9(10)15-5-4-12/h2-4,6-7H,5H2,1H3,(H,11,13). The third-order valence-electron chi connectivity index (χ3n) is 1.70. The lowest BCUT2D eigenvalue weighted by atomic mass is 10.3. The highest BCUT2D eigenvalue weighted by molar-refractivity contribution is 5.72. The van der Waals surface area contributed by atoms with Gasteiger partial charge < -0.3 is 14.8 Å². The van der Waals surface area contributed by atoms with Crippen molar-refractivity contribution in [2.75, 3.05) is 19.0 Å². The zero-order chi connectivity index (χ0) is 11.1. The Morgan fingerprint density at radius 3 is 2.73 bits per heavy atom. The molecule has 1 aromatic carbocycles. The summed E-state index contributed by atoms with van der Waals surface area (Å²) in [7, 11) is 1.48. The first-order chi connectivity index (χ1) is 7.31. The van der Waals surface area contributed by atoms with Crippen molar-refractivity contribution in [3.8, 4) is 11.5 Å². The lowest BCUT2D eigenvalue weighted by molar-refractivity contribution is -0.109. The number of benzene rings is 1. The van der Waals surface area contributed by atoms with E-state index in [0.717, 1.165) is 0 Å². The Labute approximate surface area is 87.0 Å². The number of carbonyl (C=O) groups excluding carboxylic acids is 2. The highest BCUT2D eigenvalue weighted by atomic mass is 16.5. The van der Waals surface area contributed by atoms with Crippen molar-refractivity contribution in [2.45, 2.75) is 0 Å². The molecular formula is C10H11NO4. The molecule has 0 aromatic heterocycles. The third-order valence-corrected chi connectivity index (χ3v) is 1.70. The van der Waals surface area contributed by atoms with Crippen LogP contribution < -0.4 is 14.8 Å². The Kier molecular flexibility index (Phi) is 4.15. The first-order valence-electron chi connectivity index (χ1n) is 4.26. The second-order valence-corrected chi connectivity index (χ2v) is 2.61. The molecule has 5 nitrogen and oxygen atoms in total. The fourth-order valence-corrected chi connectivity index (χ4v) is 1.07. The number of methoxy groups -OCH3 is 1. The average Bonchev–Trinajstić information content (AvgIpc) is 2.27. The molecule has 1 rings (SSSR count). The third kappa shape index (κ3) is 2.98. The van der Waals surface area contributed by atoms with Gasteiger partial charge in [0.2, 0.25) is 6.41 Å². The molecule has 0 heterocycles. The van der Waals surface area contributed by atoms with E-state index in [2.05, 4.69) is 5.32 Å². The molecule has 0 saturated heterocycles. The Morgan fingerprint density at radius 2 is 2.13 bits per heavy atom. The minimum Gasteiger partial charge on any atom is -0.493 e. The van der Waals surface area contributed by atoms with Crippen LogP contribution >= 0.6 is 0 Å². The number of carbonyl (C=O) groups is 2. The van der Waals surface area contributed by atoms with E-state index in [0.29, 0.717) is 29.9 Å². The van der Waals surface area contributed by atoms with E-state index in [-0.39, 0.29) is 6.61 Å². The first-order valence-corrected chi connectivity index (χ1v) is 4.26. The van der Waals surface area contributed by atoms with Crippen molar-refractivity contribution < 1.29 is 19.1 Å². The largest absolute Gasteiger partial charge is 0.493 e. The summed E-state index contributed by atoms with van der Waals surface area (Å²) in [5.41, 5.74) is 0.598. The number of hydrogen-bond acceptors (Lipinski definition) is 4. The maximum atomic E-state index is 10.2. The summed E-state index contributed by atoms with van der Waals surface area (Å²) in [5.74, 6) is 0.921. The molecule has 0 aliphatic heterocycles. The van der Waals surface area contributed by atoms with Gasteiger partial charge in [-0.1, -0.05) is 0 Å². The molecule has 0 saturated carbocycles. The topological polar surface area (TPSA) is 64.6 Å². The van der Waals surface area contributed by atoms with E-state index in [1.54, 1.807) is 18.2 Å². The number of nitrogens with one attached hydrogen (secondary N) is 1. The molecule has 0 bridgehead atoms. The maximum Gasteiger partial charge on any atom is 0.211 e. The number of anilines is 1. The highest BCUT2D eigenvalue weighted by Gasteiger charge is 2.04. The zero-order valence-electron chi connectivity index (χ0n) is 8.23. The summed E-state index contributed by atoms with van der Waals surface area (Å²) < 4.78 is 10.1. The van der Waals surface area contributed by atoms with Gasteiger partial charge in [0.1, 0.15) is 6.61 Å². The van der Waals surface area contributed by atoms with Crippen LogP contribution in [0.2, 0.25) is 0 Å². The fraction of sp³-hybridized carbons (Fsp3) is 0.200. The number of rotatable bonds is 6. The van der Waals surface area contributed by atoms with Gasteiger partial charge in [-0.05, 0) is 12.1 Å². The molecule has 15 heavy (non-hydrogen) atoms. The molecule has 0 aliphatic carbocycles. The average molecular weight is 209 g/mol. The second-order valence-electron chi connectivity index (χ2n) is 2.61. The van der Waals surface area contributed by atoms with Gasteiger partial charge in [-0.15, -0.1) is 0 Å². The molecule has 0 aliphatic rings. The molecule has 1 N–H and O–H groups in total. The van der Waals surface area contributed by atoms with Gasteiger partial charge in [-0.3, -0.25) is 9.59 Å². The molecule has 0 fully saturated rings. The Morgan fingerprint density at radius 1 is 1.33 bits per heavy atom. The highest BCUT2D eigenvalue weighted by Crippen LogP contribution is 2.29. The minimum absolute atomic E-state index is 0.0309. The van der Waals surface area contributed by atoms with E-state index in [9.17, 15) is 9.59 Å². The Hall–Kier alpha value is -2.04. The molecule has 1 amide bonds. The van der Waals surface area contributed by atoms with Crippen molar-refractivity contribution in [3.63, 3.8) is 0 Å². The summed E-state index contributed by atoms with van der Waals surface area (Å²) in [6.45, 7) is -0.0309. The van der Waals surface area contributed by atoms with Crippen LogP contribution in [-0.4, -0.2) is 26.4 Å². The van der Waals surface area contributed by atoms with Crippen LogP contribution in [0, 0.1) is 0 Å². The van der Waals surface area contributed by atoms with Crippen LogP contribution in [0.4, 0.5) is 5.69 Å². The lowest BCUT2D eigenvalue weighted by Crippen LogP contribution is -2.01. The summed E-state index contributed by atoms with van der Waals surface area (Å²) in [6, 6.07) is 4.87. The van der Waals surface area contributed by atoms with E-state index in [1.165, 1.54) is 7.11 Å². The molecule has 0 atom stereocenters. The van der Waals surface area contributed by atoms with E-state index >= 15 is 0 Å². The number of amides is 1. The molecule has 0 radical (unpaired) electrons. The first kappa shape index (κ1) is 11.0. The predicted molar refractivity (Wildman–Crippen MR) is 54.2 cm³/mol. The number of aldehydes is 1. The lowest BCUT2D eigenvalue weighted by Gasteiger charge is -2.09. The van der Waals surface area contributed by atoms with Gasteiger partial charge in [0.15, 0.2) is 17.8 Å². The fourth-order valence-electron chi connectivity index (χ4n) is 1.07. The number of ether oxygens (including phenoxy) is 2. The van der Waals surface area contributed by atoms with Crippen LogP contribution in [0.25, 0.3) is 0 Å². The van der Waals surface area contributed by atoms with Crippen LogP contribution in [0.3, 0.4) is 0 Å². The summed E-state index contributed by atoms with van der Waals surface area (Å²) >= 11 is 0. The van der Waals surface area contributed by atoms with Crippen molar-refractivity contribution in [3.05, 3.63) is 18.2 Å². The quantitative estimate of drug-likeness (QED) is 0.705. The smallest absolute Gasteiger partial charge is 0.211 e. The van der Waals surface area contributed by atoms with Crippen LogP contribution in [-0.2, 0) is 9.59 Å².